The summed E-state index contributed by atoms with van der Waals surface area (Å²) in [6, 6.07) is 0. The van der Waals surface area contributed by atoms with Crippen molar-refractivity contribution in [3.8, 4) is 0 Å². The summed E-state index contributed by atoms with van der Waals surface area (Å²) < 4.78 is 0. The van der Waals surface area contributed by atoms with Crippen molar-refractivity contribution in [3.63, 3.8) is 0 Å². The molecule has 14 heavy (non-hydrogen) atoms. The molecule has 2 N–H and O–H groups in total. The van der Waals surface area contributed by atoms with Crippen LogP contribution in [-0.2, 0) is 0 Å². The lowest BCUT2D eigenvalue weighted by Gasteiger charge is -2.48. The lowest BCUT2D eigenvalue weighted by molar-refractivity contribution is 0.0583. The fraction of sp³-hybridized carbons (Fsp3) is 1.00. The van der Waals surface area contributed by atoms with Crippen molar-refractivity contribution in [1.82, 2.24) is 9.80 Å². The van der Waals surface area contributed by atoms with Crippen LogP contribution in [0.1, 0.15) is 27.2 Å². The van der Waals surface area contributed by atoms with E-state index in [-0.39, 0.29) is 5.54 Å². The van der Waals surface area contributed by atoms with E-state index in [1.807, 2.05) is 0 Å². The third-order valence-corrected chi connectivity index (χ3v) is 3.41. The second-order valence-electron chi connectivity index (χ2n) is 4.45. The van der Waals surface area contributed by atoms with Gasteiger partial charge < -0.3 is 10.6 Å². The predicted molar refractivity (Wildman–Crippen MR) is 61.4 cm³/mol. The molecular weight excluding hydrogens is 174 g/mol. The Morgan fingerprint density at radius 1 is 1.21 bits per heavy atom. The summed E-state index contributed by atoms with van der Waals surface area (Å²) in [6.45, 7) is 13.5. The Morgan fingerprint density at radius 3 is 2.21 bits per heavy atom. The summed E-state index contributed by atoms with van der Waals surface area (Å²) in [4.78, 5) is 4.92. The first-order valence-electron chi connectivity index (χ1n) is 5.87. The normalized spacial score (nSPS) is 21.2. The molecule has 1 aliphatic rings. The number of rotatable bonds is 6. The second kappa shape index (κ2) is 5.10. The molecule has 0 aliphatic carbocycles. The quantitative estimate of drug-likeness (QED) is 0.685. The Kier molecular flexibility index (Phi) is 4.35. The maximum absolute atomic E-state index is 6.11. The summed E-state index contributed by atoms with van der Waals surface area (Å²) in [5.41, 5.74) is 6.24. The Labute approximate surface area is 88.2 Å². The molecule has 3 heteroatoms. The van der Waals surface area contributed by atoms with Gasteiger partial charge in [0.1, 0.15) is 0 Å². The molecule has 1 heterocycles. The highest BCUT2D eigenvalue weighted by molar-refractivity contribution is 4.98. The van der Waals surface area contributed by atoms with Crippen molar-refractivity contribution >= 4 is 0 Å². The zero-order valence-electron chi connectivity index (χ0n) is 9.92. The van der Waals surface area contributed by atoms with E-state index in [0.29, 0.717) is 0 Å². The molecule has 1 saturated heterocycles. The molecule has 0 amide bonds. The maximum atomic E-state index is 6.11. The third kappa shape index (κ3) is 2.94. The minimum atomic E-state index is 0.128. The second-order valence-corrected chi connectivity index (χ2v) is 4.45. The van der Waals surface area contributed by atoms with E-state index in [1.54, 1.807) is 0 Å². The largest absolute Gasteiger partial charge is 0.323 e. The highest BCUT2D eigenvalue weighted by atomic mass is 15.3. The van der Waals surface area contributed by atoms with Crippen molar-refractivity contribution < 1.29 is 0 Å². The molecule has 0 aromatic carbocycles. The van der Waals surface area contributed by atoms with Crippen LogP contribution in [0.15, 0.2) is 0 Å². The van der Waals surface area contributed by atoms with Crippen LogP contribution in [0.3, 0.4) is 0 Å². The first-order valence-corrected chi connectivity index (χ1v) is 5.87. The van der Waals surface area contributed by atoms with Gasteiger partial charge in [0, 0.05) is 31.7 Å². The number of hydrogen-bond donors (Lipinski definition) is 1. The van der Waals surface area contributed by atoms with Crippen molar-refractivity contribution in [1.29, 1.82) is 0 Å². The van der Waals surface area contributed by atoms with Gasteiger partial charge in [-0.25, -0.2) is 0 Å². The Hall–Kier alpha value is -0.120. The molecule has 0 saturated carbocycles. The molecule has 84 valence electrons. The van der Waals surface area contributed by atoms with Gasteiger partial charge >= 0.3 is 0 Å². The molecule has 0 aromatic heterocycles. The molecular formula is C11H25N3. The first-order chi connectivity index (χ1) is 6.63. The number of nitrogens with two attached hydrogens (primary N) is 1. The Morgan fingerprint density at radius 2 is 1.79 bits per heavy atom. The van der Waals surface area contributed by atoms with Gasteiger partial charge in [0.15, 0.2) is 0 Å². The average Bonchev–Trinajstić information content (AvgIpc) is 2.16. The highest BCUT2D eigenvalue weighted by Crippen LogP contribution is 2.20. The zero-order valence-corrected chi connectivity index (χ0v) is 9.92. The summed E-state index contributed by atoms with van der Waals surface area (Å²) in [5.74, 6) is 0. The summed E-state index contributed by atoms with van der Waals surface area (Å²) >= 11 is 0. The number of likely N-dealkylation sites (N-methyl/N-ethyl adjacent to an activating group) is 1. The van der Waals surface area contributed by atoms with E-state index in [4.69, 9.17) is 5.73 Å². The van der Waals surface area contributed by atoms with Crippen LogP contribution in [0.25, 0.3) is 0 Å². The van der Waals surface area contributed by atoms with Crippen LogP contribution in [0.2, 0.25) is 0 Å². The standard InChI is InChI=1S/C11H25N3/c1-4-11(12)9-14(10-11)8-7-13(5-2)6-3/h4-10,12H2,1-3H3. The third-order valence-electron chi connectivity index (χ3n) is 3.41. The summed E-state index contributed by atoms with van der Waals surface area (Å²) in [6.07, 6.45) is 1.11. The summed E-state index contributed by atoms with van der Waals surface area (Å²) in [7, 11) is 0. The zero-order chi connectivity index (χ0) is 10.6. The van der Waals surface area contributed by atoms with Gasteiger partial charge in [0.25, 0.3) is 0 Å². The van der Waals surface area contributed by atoms with E-state index in [2.05, 4.69) is 30.6 Å². The van der Waals surface area contributed by atoms with Crippen LogP contribution in [0, 0.1) is 0 Å². The van der Waals surface area contributed by atoms with Crippen LogP contribution < -0.4 is 5.73 Å². The molecule has 0 spiro atoms. The van der Waals surface area contributed by atoms with Crippen LogP contribution in [0.5, 0.6) is 0 Å². The van der Waals surface area contributed by atoms with Crippen LogP contribution in [-0.4, -0.2) is 54.6 Å². The molecule has 0 atom stereocenters. The van der Waals surface area contributed by atoms with Crippen molar-refractivity contribution in [2.75, 3.05) is 39.3 Å². The first kappa shape index (κ1) is 12.0. The minimum absolute atomic E-state index is 0.128. The van der Waals surface area contributed by atoms with Gasteiger partial charge in [-0.1, -0.05) is 20.8 Å². The van der Waals surface area contributed by atoms with E-state index in [9.17, 15) is 0 Å². The van der Waals surface area contributed by atoms with E-state index >= 15 is 0 Å². The van der Waals surface area contributed by atoms with Crippen molar-refractivity contribution in [2.24, 2.45) is 5.73 Å². The summed E-state index contributed by atoms with van der Waals surface area (Å²) in [5, 5.41) is 0. The smallest absolute Gasteiger partial charge is 0.0409 e. The van der Waals surface area contributed by atoms with Crippen molar-refractivity contribution in [2.45, 2.75) is 32.7 Å². The van der Waals surface area contributed by atoms with Gasteiger partial charge in [-0.3, -0.25) is 4.90 Å². The number of hydrogen-bond acceptors (Lipinski definition) is 3. The van der Waals surface area contributed by atoms with Gasteiger partial charge in [-0.2, -0.15) is 0 Å². The monoisotopic (exact) mass is 199 g/mol. The number of likely N-dealkylation sites (tertiary alicyclic amines) is 1. The lowest BCUT2D eigenvalue weighted by Crippen LogP contribution is -2.67. The molecule has 1 rings (SSSR count). The van der Waals surface area contributed by atoms with Gasteiger partial charge in [-0.05, 0) is 19.5 Å². The predicted octanol–water partition coefficient (Wildman–Crippen LogP) is 0.751. The fourth-order valence-corrected chi connectivity index (χ4v) is 2.05. The van der Waals surface area contributed by atoms with Crippen molar-refractivity contribution in [3.05, 3.63) is 0 Å². The molecule has 3 nitrogen and oxygen atoms in total. The fourth-order valence-electron chi connectivity index (χ4n) is 2.05. The molecule has 0 radical (unpaired) electrons. The van der Waals surface area contributed by atoms with Gasteiger partial charge in [0.2, 0.25) is 0 Å². The average molecular weight is 199 g/mol. The van der Waals surface area contributed by atoms with Crippen LogP contribution in [0.4, 0.5) is 0 Å². The molecule has 0 bridgehead atoms. The van der Waals surface area contributed by atoms with Gasteiger partial charge in [0.05, 0.1) is 0 Å². The highest BCUT2D eigenvalue weighted by Gasteiger charge is 2.36. The van der Waals surface area contributed by atoms with E-state index in [0.717, 1.165) is 32.6 Å². The van der Waals surface area contributed by atoms with Gasteiger partial charge in [-0.15, -0.1) is 0 Å². The Bertz CT molecular complexity index is 160. The van der Waals surface area contributed by atoms with Crippen LogP contribution >= 0.6 is 0 Å². The molecule has 1 aliphatic heterocycles. The maximum Gasteiger partial charge on any atom is 0.0409 e. The topological polar surface area (TPSA) is 32.5 Å². The minimum Gasteiger partial charge on any atom is -0.323 e. The molecule has 0 aromatic rings. The molecule has 1 fully saturated rings. The lowest BCUT2D eigenvalue weighted by atomic mass is 9.88. The number of nitrogens with zero attached hydrogens (tertiary/aromatic N) is 2. The van der Waals surface area contributed by atoms with E-state index in [1.165, 1.54) is 13.1 Å². The van der Waals surface area contributed by atoms with E-state index < -0.39 is 0 Å². The SMILES string of the molecule is CCN(CC)CCN1CC(N)(CC)C1. The Balaban J connectivity index is 2.11. The molecule has 0 unspecified atom stereocenters.